The summed E-state index contributed by atoms with van der Waals surface area (Å²) in [6, 6.07) is 2.60. The van der Waals surface area contributed by atoms with E-state index in [4.69, 9.17) is 0 Å². The van der Waals surface area contributed by atoms with E-state index in [1.807, 2.05) is 0 Å². The van der Waals surface area contributed by atoms with Gasteiger partial charge in [-0.15, -0.1) is 0 Å². The van der Waals surface area contributed by atoms with Gasteiger partial charge < -0.3 is 20.7 Å². The molecular formula is C11H12N4O5. The van der Waals surface area contributed by atoms with E-state index in [0.29, 0.717) is 16.9 Å². The second-order valence-electron chi connectivity index (χ2n) is 4.03. The molecule has 1 aromatic carbocycles. The number of carbonyl (C=O) groups is 2. The predicted octanol–water partition coefficient (Wildman–Crippen LogP) is 0.815. The molecule has 3 N–H and O–H groups in total. The number of hydrogen-bond donors (Lipinski definition) is 3. The highest BCUT2D eigenvalue weighted by molar-refractivity contribution is 6.01. The second-order valence-corrected chi connectivity index (χ2v) is 4.03. The van der Waals surface area contributed by atoms with Gasteiger partial charge in [-0.05, 0) is 0 Å². The molecule has 0 radical (unpaired) electrons. The lowest BCUT2D eigenvalue weighted by Gasteiger charge is -2.21. The van der Waals surface area contributed by atoms with Gasteiger partial charge in [-0.1, -0.05) is 0 Å². The van der Waals surface area contributed by atoms with Gasteiger partial charge >= 0.3 is 6.09 Å². The minimum atomic E-state index is -0.648. The van der Waals surface area contributed by atoms with Crippen LogP contribution >= 0.6 is 0 Å². The third kappa shape index (κ3) is 2.76. The van der Waals surface area contributed by atoms with Gasteiger partial charge in [-0.2, -0.15) is 0 Å². The number of benzene rings is 1. The number of nitro groups is 1. The summed E-state index contributed by atoms with van der Waals surface area (Å²) in [5, 5.41) is 18.7. The molecule has 0 fully saturated rings. The Hall–Kier alpha value is -2.84. The van der Waals surface area contributed by atoms with E-state index in [1.54, 1.807) is 0 Å². The monoisotopic (exact) mass is 280 g/mol. The van der Waals surface area contributed by atoms with Crippen molar-refractivity contribution < 1.29 is 19.2 Å². The molecule has 0 bridgehead atoms. The maximum Gasteiger partial charge on any atom is 0.407 e. The SMILES string of the molecule is COC(=O)NCc1cc([N+](=O)[O-])cc2c1NCC(=O)N2. The lowest BCUT2D eigenvalue weighted by atomic mass is 10.1. The Kier molecular flexibility index (Phi) is 3.69. The molecule has 2 amide bonds. The van der Waals surface area contributed by atoms with Crippen LogP contribution in [0.25, 0.3) is 0 Å². The van der Waals surface area contributed by atoms with Crippen LogP contribution in [-0.2, 0) is 16.1 Å². The molecule has 1 heterocycles. The van der Waals surface area contributed by atoms with Crippen molar-refractivity contribution in [3.05, 3.63) is 27.8 Å². The van der Waals surface area contributed by atoms with Crippen LogP contribution in [-0.4, -0.2) is 30.6 Å². The first-order valence-electron chi connectivity index (χ1n) is 5.68. The molecule has 1 aliphatic heterocycles. The Bertz CT molecular complexity index is 586. The number of nitrogens with zero attached hydrogens (tertiary/aromatic N) is 1. The minimum Gasteiger partial charge on any atom is -0.453 e. The van der Waals surface area contributed by atoms with Gasteiger partial charge in [0.25, 0.3) is 5.69 Å². The average molecular weight is 280 g/mol. The fourth-order valence-electron chi connectivity index (χ4n) is 1.84. The van der Waals surface area contributed by atoms with Gasteiger partial charge in [0.1, 0.15) is 0 Å². The molecule has 0 saturated heterocycles. The summed E-state index contributed by atoms with van der Waals surface area (Å²) in [4.78, 5) is 32.7. The standard InChI is InChI=1S/C11H12N4O5/c1-20-11(17)13-4-6-2-7(15(18)19)3-8-10(6)12-5-9(16)14-8/h2-3,12H,4-5H2,1H3,(H,13,17)(H,14,16). The zero-order chi connectivity index (χ0) is 14.7. The summed E-state index contributed by atoms with van der Waals surface area (Å²) in [6.07, 6.45) is -0.648. The van der Waals surface area contributed by atoms with Gasteiger partial charge in [0, 0.05) is 24.2 Å². The van der Waals surface area contributed by atoms with E-state index < -0.39 is 11.0 Å². The summed E-state index contributed by atoms with van der Waals surface area (Å²) in [5.74, 6) is -0.287. The number of non-ortho nitro benzene ring substituents is 1. The van der Waals surface area contributed by atoms with Crippen LogP contribution in [0.2, 0.25) is 0 Å². The number of nitrogens with one attached hydrogen (secondary N) is 3. The van der Waals surface area contributed by atoms with Gasteiger partial charge in [0.05, 0.1) is 30.0 Å². The third-order valence-corrected chi connectivity index (χ3v) is 2.72. The summed E-state index contributed by atoms with van der Waals surface area (Å²) >= 11 is 0. The van der Waals surface area contributed by atoms with Crippen molar-refractivity contribution in [1.82, 2.24) is 5.32 Å². The van der Waals surface area contributed by atoms with E-state index >= 15 is 0 Å². The average Bonchev–Trinajstić information content (AvgIpc) is 2.43. The van der Waals surface area contributed by atoms with Crippen molar-refractivity contribution in [2.24, 2.45) is 0 Å². The highest BCUT2D eigenvalue weighted by atomic mass is 16.6. The zero-order valence-corrected chi connectivity index (χ0v) is 10.6. The second kappa shape index (κ2) is 5.43. The third-order valence-electron chi connectivity index (χ3n) is 2.72. The summed E-state index contributed by atoms with van der Waals surface area (Å²) in [7, 11) is 1.22. The maximum absolute atomic E-state index is 11.3. The van der Waals surface area contributed by atoms with E-state index in [9.17, 15) is 19.7 Å². The fourth-order valence-corrected chi connectivity index (χ4v) is 1.84. The highest BCUT2D eigenvalue weighted by Gasteiger charge is 2.22. The number of alkyl carbamates (subject to hydrolysis) is 1. The van der Waals surface area contributed by atoms with Crippen molar-refractivity contribution >= 4 is 29.1 Å². The van der Waals surface area contributed by atoms with Crippen molar-refractivity contribution in [1.29, 1.82) is 0 Å². The van der Waals surface area contributed by atoms with E-state index in [-0.39, 0.29) is 24.7 Å². The fraction of sp³-hybridized carbons (Fsp3) is 0.273. The van der Waals surface area contributed by atoms with Crippen LogP contribution in [0, 0.1) is 10.1 Å². The molecule has 0 spiro atoms. The Morgan fingerprint density at radius 2 is 2.30 bits per heavy atom. The van der Waals surface area contributed by atoms with Crippen molar-refractivity contribution in [3.63, 3.8) is 0 Å². The normalized spacial score (nSPS) is 12.8. The van der Waals surface area contributed by atoms with Gasteiger partial charge in [0.2, 0.25) is 5.91 Å². The molecule has 1 aromatic rings. The number of anilines is 2. The largest absolute Gasteiger partial charge is 0.453 e. The molecule has 0 saturated carbocycles. The van der Waals surface area contributed by atoms with E-state index in [2.05, 4.69) is 20.7 Å². The molecule has 0 atom stereocenters. The first-order valence-corrected chi connectivity index (χ1v) is 5.68. The number of methoxy groups -OCH3 is 1. The molecule has 20 heavy (non-hydrogen) atoms. The lowest BCUT2D eigenvalue weighted by molar-refractivity contribution is -0.384. The summed E-state index contributed by atoms with van der Waals surface area (Å²) < 4.78 is 4.44. The van der Waals surface area contributed by atoms with E-state index in [1.165, 1.54) is 19.2 Å². The molecule has 106 valence electrons. The van der Waals surface area contributed by atoms with Crippen molar-refractivity contribution in [2.45, 2.75) is 6.54 Å². The smallest absolute Gasteiger partial charge is 0.407 e. The maximum atomic E-state index is 11.3. The number of fused-ring (bicyclic) bond motifs is 1. The molecule has 9 heteroatoms. The number of rotatable bonds is 3. The van der Waals surface area contributed by atoms with Gasteiger partial charge in [-0.25, -0.2) is 4.79 Å². The van der Waals surface area contributed by atoms with Crippen LogP contribution in [0.3, 0.4) is 0 Å². The number of nitro benzene ring substituents is 1. The van der Waals surface area contributed by atoms with Crippen LogP contribution in [0.1, 0.15) is 5.56 Å². The van der Waals surface area contributed by atoms with Crippen LogP contribution in [0.5, 0.6) is 0 Å². The molecule has 1 aliphatic rings. The van der Waals surface area contributed by atoms with Crippen LogP contribution < -0.4 is 16.0 Å². The van der Waals surface area contributed by atoms with Crippen LogP contribution in [0.15, 0.2) is 12.1 Å². The number of ether oxygens (including phenoxy) is 1. The Balaban J connectivity index is 2.35. The predicted molar refractivity (Wildman–Crippen MR) is 69.5 cm³/mol. The van der Waals surface area contributed by atoms with Gasteiger partial charge in [0.15, 0.2) is 0 Å². The molecule has 0 aliphatic carbocycles. The zero-order valence-electron chi connectivity index (χ0n) is 10.6. The van der Waals surface area contributed by atoms with Crippen LogP contribution in [0.4, 0.5) is 21.9 Å². The van der Waals surface area contributed by atoms with Crippen molar-refractivity contribution in [3.8, 4) is 0 Å². The summed E-state index contributed by atoms with van der Waals surface area (Å²) in [6.45, 7) is 0.107. The minimum absolute atomic E-state index is 0.0412. The number of hydrogen-bond acceptors (Lipinski definition) is 6. The first-order chi connectivity index (χ1) is 9.51. The molecular weight excluding hydrogens is 268 g/mol. The lowest BCUT2D eigenvalue weighted by Crippen LogP contribution is -2.29. The van der Waals surface area contributed by atoms with Crippen molar-refractivity contribution in [2.75, 3.05) is 24.3 Å². The number of amides is 2. The topological polar surface area (TPSA) is 123 Å². The molecule has 0 unspecified atom stereocenters. The molecule has 0 aromatic heterocycles. The quantitative estimate of drug-likeness (QED) is 0.556. The van der Waals surface area contributed by atoms with Gasteiger partial charge in [-0.3, -0.25) is 14.9 Å². The Morgan fingerprint density at radius 1 is 1.55 bits per heavy atom. The molecule has 9 nitrogen and oxygen atoms in total. The highest BCUT2D eigenvalue weighted by Crippen LogP contribution is 2.33. The Morgan fingerprint density at radius 3 is 2.95 bits per heavy atom. The Labute approximate surface area is 113 Å². The van der Waals surface area contributed by atoms with E-state index in [0.717, 1.165) is 0 Å². The molecule has 2 rings (SSSR count). The number of carbonyl (C=O) groups excluding carboxylic acids is 2. The first kappa shape index (κ1) is 13.6. The summed E-state index contributed by atoms with van der Waals surface area (Å²) in [5.41, 5.74) is 1.18.